The Labute approximate surface area is 53.2 Å². The lowest BCUT2D eigenvalue weighted by molar-refractivity contribution is 0.815. The standard InChI is InChI=1S/C6H7N3/c1-2-5-4-8-9-6(5)7-3-1/h4H,1-3H2. The molecule has 0 radical (unpaired) electrons. The highest BCUT2D eigenvalue weighted by atomic mass is 15.2. The molecular weight excluding hydrogens is 114 g/mol. The van der Waals surface area contributed by atoms with Crippen molar-refractivity contribution in [3.63, 3.8) is 0 Å². The van der Waals surface area contributed by atoms with E-state index in [2.05, 4.69) is 15.2 Å². The molecule has 0 fully saturated rings. The summed E-state index contributed by atoms with van der Waals surface area (Å²) in [4.78, 5) is 4.18. The third kappa shape index (κ3) is 0.686. The summed E-state index contributed by atoms with van der Waals surface area (Å²) in [6.07, 6.45) is 4.06. The number of amidine groups is 1. The molecule has 2 rings (SSSR count). The summed E-state index contributed by atoms with van der Waals surface area (Å²) in [5, 5.41) is 7.60. The van der Waals surface area contributed by atoms with Gasteiger partial charge in [-0.3, -0.25) is 4.99 Å². The molecule has 0 spiro atoms. The Hall–Kier alpha value is -0.990. The maximum atomic E-state index is 4.18. The maximum Gasteiger partial charge on any atom is 0.174 e. The average molecular weight is 121 g/mol. The van der Waals surface area contributed by atoms with Crippen LogP contribution in [0.1, 0.15) is 12.8 Å². The van der Waals surface area contributed by atoms with E-state index in [9.17, 15) is 0 Å². The first-order chi connectivity index (χ1) is 4.47. The first kappa shape index (κ1) is 4.85. The summed E-state index contributed by atoms with van der Waals surface area (Å²) >= 11 is 0. The highest BCUT2D eigenvalue weighted by molar-refractivity contribution is 6.00. The van der Waals surface area contributed by atoms with E-state index in [1.54, 1.807) is 6.20 Å². The molecule has 0 aromatic heterocycles. The molecule has 0 aromatic rings. The van der Waals surface area contributed by atoms with Crippen LogP contribution in [0.15, 0.2) is 27.0 Å². The zero-order chi connectivity index (χ0) is 6.10. The molecule has 0 saturated heterocycles. The Balaban J connectivity index is 2.38. The number of rotatable bonds is 0. The summed E-state index contributed by atoms with van der Waals surface area (Å²) in [6, 6.07) is 0. The van der Waals surface area contributed by atoms with Crippen molar-refractivity contribution >= 4 is 5.84 Å². The SMILES string of the molecule is C1=C2CCCN=C2N=N1. The number of fused-ring (bicyclic) bond motifs is 1. The minimum absolute atomic E-state index is 0.862. The molecule has 2 aliphatic rings. The van der Waals surface area contributed by atoms with Crippen LogP contribution in [0.5, 0.6) is 0 Å². The lowest BCUT2D eigenvalue weighted by atomic mass is 10.1. The Morgan fingerprint density at radius 3 is 3.33 bits per heavy atom. The Bertz CT molecular complexity index is 212. The molecule has 2 heterocycles. The van der Waals surface area contributed by atoms with Gasteiger partial charge >= 0.3 is 0 Å². The summed E-state index contributed by atoms with van der Waals surface area (Å²) < 4.78 is 0. The predicted molar refractivity (Wildman–Crippen MR) is 34.5 cm³/mol. The first-order valence-corrected chi connectivity index (χ1v) is 3.11. The molecule has 0 amide bonds. The van der Waals surface area contributed by atoms with Crippen LogP contribution >= 0.6 is 0 Å². The Morgan fingerprint density at radius 2 is 2.44 bits per heavy atom. The van der Waals surface area contributed by atoms with Crippen molar-refractivity contribution in [1.82, 2.24) is 0 Å². The number of hydrogen-bond donors (Lipinski definition) is 0. The van der Waals surface area contributed by atoms with Crippen molar-refractivity contribution in [2.24, 2.45) is 15.2 Å². The van der Waals surface area contributed by atoms with E-state index in [0.29, 0.717) is 0 Å². The second-order valence-electron chi connectivity index (χ2n) is 2.18. The van der Waals surface area contributed by atoms with Crippen molar-refractivity contribution in [1.29, 1.82) is 0 Å². The number of nitrogens with zero attached hydrogens (tertiary/aromatic N) is 3. The van der Waals surface area contributed by atoms with Crippen molar-refractivity contribution in [2.45, 2.75) is 12.8 Å². The Morgan fingerprint density at radius 1 is 1.44 bits per heavy atom. The molecule has 2 aliphatic heterocycles. The van der Waals surface area contributed by atoms with Crippen LogP contribution in [0, 0.1) is 0 Å². The molecule has 9 heavy (non-hydrogen) atoms. The minimum Gasteiger partial charge on any atom is -0.265 e. The first-order valence-electron chi connectivity index (χ1n) is 3.11. The summed E-state index contributed by atoms with van der Waals surface area (Å²) in [7, 11) is 0. The van der Waals surface area contributed by atoms with Gasteiger partial charge in [0.25, 0.3) is 0 Å². The van der Waals surface area contributed by atoms with Crippen LogP contribution < -0.4 is 0 Å². The zero-order valence-corrected chi connectivity index (χ0v) is 5.04. The van der Waals surface area contributed by atoms with Crippen LogP contribution in [-0.4, -0.2) is 12.4 Å². The van der Waals surface area contributed by atoms with Gasteiger partial charge in [-0.2, -0.15) is 5.11 Å². The van der Waals surface area contributed by atoms with Crippen molar-refractivity contribution < 1.29 is 0 Å². The highest BCUT2D eigenvalue weighted by Crippen LogP contribution is 2.18. The van der Waals surface area contributed by atoms with Gasteiger partial charge in [0.2, 0.25) is 0 Å². The highest BCUT2D eigenvalue weighted by Gasteiger charge is 2.13. The van der Waals surface area contributed by atoms with E-state index in [4.69, 9.17) is 0 Å². The summed E-state index contributed by atoms with van der Waals surface area (Å²) in [5.74, 6) is 0.862. The fraction of sp³-hybridized carbons (Fsp3) is 0.500. The van der Waals surface area contributed by atoms with Gasteiger partial charge in [0.05, 0.1) is 6.20 Å². The molecule has 0 bridgehead atoms. The van der Waals surface area contributed by atoms with E-state index < -0.39 is 0 Å². The fourth-order valence-electron chi connectivity index (χ4n) is 1.04. The number of hydrogen-bond acceptors (Lipinski definition) is 3. The second kappa shape index (κ2) is 1.76. The Kier molecular flexibility index (Phi) is 0.946. The smallest absolute Gasteiger partial charge is 0.174 e. The van der Waals surface area contributed by atoms with E-state index in [1.807, 2.05) is 0 Å². The van der Waals surface area contributed by atoms with Gasteiger partial charge in [-0.05, 0) is 12.8 Å². The molecule has 3 heteroatoms. The number of azo groups is 1. The van der Waals surface area contributed by atoms with E-state index >= 15 is 0 Å². The van der Waals surface area contributed by atoms with E-state index in [-0.39, 0.29) is 0 Å². The zero-order valence-electron chi connectivity index (χ0n) is 5.04. The van der Waals surface area contributed by atoms with Crippen LogP contribution in [0.2, 0.25) is 0 Å². The molecule has 3 nitrogen and oxygen atoms in total. The lowest BCUT2D eigenvalue weighted by Gasteiger charge is -2.05. The van der Waals surface area contributed by atoms with Crippen LogP contribution in [0.4, 0.5) is 0 Å². The quantitative estimate of drug-likeness (QED) is 0.466. The molecule has 0 N–H and O–H groups in total. The molecule has 0 aromatic carbocycles. The third-order valence-electron chi connectivity index (χ3n) is 1.52. The van der Waals surface area contributed by atoms with Crippen LogP contribution in [0.3, 0.4) is 0 Å². The molecule has 0 aliphatic carbocycles. The molecule has 0 unspecified atom stereocenters. The summed E-state index contributed by atoms with van der Waals surface area (Å²) in [5.41, 5.74) is 1.21. The van der Waals surface area contributed by atoms with Crippen molar-refractivity contribution in [3.05, 3.63) is 11.8 Å². The van der Waals surface area contributed by atoms with E-state index in [0.717, 1.165) is 25.2 Å². The fourth-order valence-corrected chi connectivity index (χ4v) is 1.04. The normalized spacial score (nSPS) is 23.1. The average Bonchev–Trinajstić information content (AvgIpc) is 2.33. The van der Waals surface area contributed by atoms with Crippen LogP contribution in [-0.2, 0) is 0 Å². The minimum atomic E-state index is 0.862. The van der Waals surface area contributed by atoms with E-state index in [1.165, 1.54) is 5.57 Å². The number of aliphatic imine (C=N–C) groups is 1. The third-order valence-corrected chi connectivity index (χ3v) is 1.52. The van der Waals surface area contributed by atoms with Gasteiger partial charge in [0, 0.05) is 12.1 Å². The van der Waals surface area contributed by atoms with Gasteiger partial charge in [0.1, 0.15) is 0 Å². The van der Waals surface area contributed by atoms with Gasteiger partial charge in [0.15, 0.2) is 5.84 Å². The molecule has 46 valence electrons. The van der Waals surface area contributed by atoms with Gasteiger partial charge in [-0.25, -0.2) is 0 Å². The van der Waals surface area contributed by atoms with Gasteiger partial charge < -0.3 is 0 Å². The van der Waals surface area contributed by atoms with Crippen molar-refractivity contribution in [3.8, 4) is 0 Å². The van der Waals surface area contributed by atoms with Crippen LogP contribution in [0.25, 0.3) is 0 Å². The largest absolute Gasteiger partial charge is 0.265 e. The summed E-state index contributed by atoms with van der Waals surface area (Å²) in [6.45, 7) is 0.922. The molecule has 0 saturated carbocycles. The maximum absolute atomic E-state index is 4.18. The molecular formula is C6H7N3. The predicted octanol–water partition coefficient (Wildman–Crippen LogP) is 1.53. The monoisotopic (exact) mass is 121 g/mol. The van der Waals surface area contributed by atoms with Crippen molar-refractivity contribution in [2.75, 3.05) is 6.54 Å². The topological polar surface area (TPSA) is 37.1 Å². The molecule has 0 atom stereocenters. The van der Waals surface area contributed by atoms with Gasteiger partial charge in [-0.1, -0.05) is 0 Å². The second-order valence-corrected chi connectivity index (χ2v) is 2.18. The lowest BCUT2D eigenvalue weighted by Crippen LogP contribution is -2.03. The van der Waals surface area contributed by atoms with Gasteiger partial charge in [-0.15, -0.1) is 5.11 Å².